The van der Waals surface area contributed by atoms with E-state index in [2.05, 4.69) is 32.6 Å². The Hall–Kier alpha value is -3.12. The van der Waals surface area contributed by atoms with Crippen molar-refractivity contribution in [3.05, 3.63) is 84.0 Å². The fourth-order valence-electron chi connectivity index (χ4n) is 8.26. The topological polar surface area (TPSA) is 69.7 Å². The van der Waals surface area contributed by atoms with E-state index in [1.54, 1.807) is 30.3 Å². The molecule has 0 aliphatic heterocycles. The summed E-state index contributed by atoms with van der Waals surface area (Å²) in [7, 11) is 0. The van der Waals surface area contributed by atoms with Crippen LogP contribution >= 0.6 is 12.6 Å². The number of carbonyl (C=O) groups is 3. The van der Waals surface area contributed by atoms with Crippen molar-refractivity contribution in [3.8, 4) is 11.5 Å². The average Bonchev–Trinajstić information content (AvgIpc) is 3.23. The van der Waals surface area contributed by atoms with Crippen LogP contribution in [0.4, 0.5) is 0 Å². The maximum Gasteiger partial charge on any atom is 0.339 e. The molecule has 0 aromatic heterocycles. The Labute approximate surface area is 235 Å². The summed E-state index contributed by atoms with van der Waals surface area (Å²) >= 11 is 4.33. The number of carbonyl (C=O) groups excluding carboxylic acids is 3. The number of esters is 1. The highest BCUT2D eigenvalue weighted by Gasteiger charge is 2.68. The van der Waals surface area contributed by atoms with Crippen LogP contribution in [0.15, 0.2) is 78.4 Å². The van der Waals surface area contributed by atoms with Crippen molar-refractivity contribution in [2.24, 2.45) is 28.6 Å². The molecule has 2 aromatic rings. The highest BCUT2D eigenvalue weighted by molar-refractivity contribution is 7.96. The highest BCUT2D eigenvalue weighted by atomic mass is 32.1. The van der Waals surface area contributed by atoms with Gasteiger partial charge in [0.25, 0.3) is 0 Å². The van der Waals surface area contributed by atoms with Crippen molar-refractivity contribution in [3.63, 3.8) is 0 Å². The van der Waals surface area contributed by atoms with Gasteiger partial charge >= 0.3 is 5.97 Å². The fraction of sp³-hybridized carbons (Fsp3) is 0.424. The van der Waals surface area contributed by atoms with Gasteiger partial charge in [0, 0.05) is 10.8 Å². The molecule has 5 nitrogen and oxygen atoms in total. The summed E-state index contributed by atoms with van der Waals surface area (Å²) in [6.45, 7) is 4.39. The lowest BCUT2D eigenvalue weighted by atomic mass is 9.47. The summed E-state index contributed by atoms with van der Waals surface area (Å²) in [6, 6.07) is 16.3. The molecule has 0 N–H and O–H groups in total. The molecule has 3 fully saturated rings. The Kier molecular flexibility index (Phi) is 6.37. The zero-order valence-corrected chi connectivity index (χ0v) is 23.3. The molecule has 2 aromatic carbocycles. The number of thiol groups is 1. The lowest BCUT2D eigenvalue weighted by Gasteiger charge is -2.58. The summed E-state index contributed by atoms with van der Waals surface area (Å²) in [6.07, 6.45) is 10.5. The highest BCUT2D eigenvalue weighted by Crippen LogP contribution is 2.68. The first-order valence-corrected chi connectivity index (χ1v) is 14.3. The van der Waals surface area contributed by atoms with Gasteiger partial charge in [0.1, 0.15) is 11.5 Å². The van der Waals surface area contributed by atoms with Crippen LogP contribution in [-0.2, 0) is 14.3 Å². The van der Waals surface area contributed by atoms with Gasteiger partial charge in [0.2, 0.25) is 5.12 Å². The van der Waals surface area contributed by atoms with Crippen LogP contribution in [0.1, 0.15) is 62.7 Å². The number of para-hydroxylation sites is 1. The molecule has 202 valence electrons. The van der Waals surface area contributed by atoms with Crippen molar-refractivity contribution in [2.75, 3.05) is 0 Å². The van der Waals surface area contributed by atoms with E-state index in [9.17, 15) is 14.4 Å². The lowest BCUT2D eigenvalue weighted by Crippen LogP contribution is -2.58. The van der Waals surface area contributed by atoms with Gasteiger partial charge in [-0.2, -0.15) is 0 Å². The molecule has 0 saturated heterocycles. The largest absolute Gasteiger partial charge is 0.457 e. The molecular weight excluding hydrogens is 508 g/mol. The molecule has 39 heavy (non-hydrogen) atoms. The van der Waals surface area contributed by atoms with E-state index < -0.39 is 17.0 Å². The first kappa shape index (κ1) is 26.1. The molecule has 0 spiro atoms. The molecule has 3 saturated carbocycles. The molecule has 5 unspecified atom stereocenters. The van der Waals surface area contributed by atoms with Gasteiger partial charge in [-0.05, 0) is 105 Å². The predicted octanol–water partition coefficient (Wildman–Crippen LogP) is 7.14. The van der Waals surface area contributed by atoms with E-state index in [0.717, 1.165) is 32.1 Å². The minimum Gasteiger partial charge on any atom is -0.457 e. The Balaban J connectivity index is 1.23. The van der Waals surface area contributed by atoms with Crippen LogP contribution < -0.4 is 4.74 Å². The second-order valence-electron chi connectivity index (χ2n) is 12.1. The number of hydrogen-bond acceptors (Lipinski definition) is 5. The molecule has 0 heterocycles. The second kappa shape index (κ2) is 9.51. The number of fused-ring (bicyclic) bond motifs is 5. The third-order valence-electron chi connectivity index (χ3n) is 10.4. The molecule has 6 atom stereocenters. The number of benzene rings is 2. The number of ether oxygens (including phenoxy) is 2. The first-order chi connectivity index (χ1) is 18.7. The Morgan fingerprint density at radius 2 is 1.59 bits per heavy atom. The van der Waals surface area contributed by atoms with E-state index in [1.807, 2.05) is 36.4 Å². The molecular formula is C33H34O5S. The third kappa shape index (κ3) is 4.10. The van der Waals surface area contributed by atoms with Gasteiger partial charge in [-0.25, -0.2) is 4.79 Å². The SMILES string of the molecule is CC12C=CC(=O)C=C1CCC1C2CCC2(C)C1CC[C@]2(OC(=O)c1ccc(Oc2ccccc2)cc1)C(=O)S. The van der Waals surface area contributed by atoms with E-state index in [-0.39, 0.29) is 22.2 Å². The fourth-order valence-corrected chi connectivity index (χ4v) is 8.67. The smallest absolute Gasteiger partial charge is 0.339 e. The number of hydrogen-bond donors (Lipinski definition) is 1. The van der Waals surface area contributed by atoms with E-state index in [4.69, 9.17) is 9.47 Å². The van der Waals surface area contributed by atoms with Gasteiger partial charge < -0.3 is 9.47 Å². The van der Waals surface area contributed by atoms with Gasteiger partial charge in [-0.1, -0.05) is 43.7 Å². The monoisotopic (exact) mass is 542 g/mol. The molecule has 0 bridgehead atoms. The van der Waals surface area contributed by atoms with E-state index in [1.165, 1.54) is 5.57 Å². The predicted molar refractivity (Wildman–Crippen MR) is 152 cm³/mol. The molecule has 4 aliphatic carbocycles. The zero-order chi connectivity index (χ0) is 27.4. The van der Waals surface area contributed by atoms with Crippen molar-refractivity contribution in [1.29, 1.82) is 0 Å². The van der Waals surface area contributed by atoms with Crippen molar-refractivity contribution in [1.82, 2.24) is 0 Å². The number of allylic oxidation sites excluding steroid dienone is 4. The number of rotatable bonds is 5. The van der Waals surface area contributed by atoms with Crippen molar-refractivity contribution in [2.45, 2.75) is 58.0 Å². The third-order valence-corrected chi connectivity index (χ3v) is 10.7. The Morgan fingerprint density at radius 3 is 2.31 bits per heavy atom. The van der Waals surface area contributed by atoms with Crippen LogP contribution in [0.25, 0.3) is 0 Å². The summed E-state index contributed by atoms with van der Waals surface area (Å²) < 4.78 is 12.1. The van der Waals surface area contributed by atoms with Gasteiger partial charge in [-0.3, -0.25) is 9.59 Å². The van der Waals surface area contributed by atoms with Crippen molar-refractivity contribution >= 4 is 29.5 Å². The van der Waals surface area contributed by atoms with Crippen LogP contribution in [-0.4, -0.2) is 22.5 Å². The summed E-state index contributed by atoms with van der Waals surface area (Å²) in [4.78, 5) is 38.8. The lowest BCUT2D eigenvalue weighted by molar-refractivity contribution is -0.153. The summed E-state index contributed by atoms with van der Waals surface area (Å²) in [5, 5.41) is -0.367. The van der Waals surface area contributed by atoms with Crippen LogP contribution in [0.5, 0.6) is 11.5 Å². The number of ketones is 1. The van der Waals surface area contributed by atoms with Gasteiger partial charge in [0.15, 0.2) is 11.4 Å². The van der Waals surface area contributed by atoms with E-state index in [0.29, 0.717) is 35.3 Å². The van der Waals surface area contributed by atoms with Crippen molar-refractivity contribution < 1.29 is 23.9 Å². The maximum absolute atomic E-state index is 13.5. The normalized spacial score (nSPS) is 34.8. The molecule has 4 aliphatic rings. The van der Waals surface area contributed by atoms with Gasteiger partial charge in [0.05, 0.1) is 5.56 Å². The standard InChI is InChI=1S/C33H34O5S/c1-31-17-14-23(34)20-22(31)10-13-26-27(31)15-18-32(2)28(26)16-19-33(32,30(36)39)38-29(35)21-8-11-25(12-9-21)37-24-6-4-3-5-7-24/h3-9,11-12,14,17,20,26-28H,10,13,15-16,18-19H2,1-2H3,(H,36,39)/t26?,27?,28?,31?,32?,33-/m0/s1. The second-order valence-corrected chi connectivity index (χ2v) is 12.5. The minimum atomic E-state index is -1.27. The molecule has 0 amide bonds. The molecule has 0 radical (unpaired) electrons. The zero-order valence-electron chi connectivity index (χ0n) is 22.4. The average molecular weight is 543 g/mol. The quantitative estimate of drug-likeness (QED) is 0.321. The van der Waals surface area contributed by atoms with E-state index >= 15 is 0 Å². The molecule has 6 heteroatoms. The first-order valence-electron chi connectivity index (χ1n) is 13.9. The van der Waals surface area contributed by atoms with Crippen LogP contribution in [0.3, 0.4) is 0 Å². The summed E-state index contributed by atoms with van der Waals surface area (Å²) in [5.41, 5.74) is -0.279. The minimum absolute atomic E-state index is 0.0775. The van der Waals surface area contributed by atoms with Crippen LogP contribution in [0, 0.1) is 28.6 Å². The maximum atomic E-state index is 13.5. The Bertz CT molecular complexity index is 1380. The van der Waals surface area contributed by atoms with Crippen LogP contribution in [0.2, 0.25) is 0 Å². The summed E-state index contributed by atoms with van der Waals surface area (Å²) in [5.74, 6) is 1.93. The van der Waals surface area contributed by atoms with Gasteiger partial charge in [-0.15, -0.1) is 12.6 Å². The molecule has 6 rings (SSSR count). The Morgan fingerprint density at radius 1 is 0.897 bits per heavy atom.